The maximum atomic E-state index is 13.1. The molecule has 29 heavy (non-hydrogen) atoms. The molecule has 4 rings (SSSR count). The zero-order valence-electron chi connectivity index (χ0n) is 16.4. The Labute approximate surface area is 175 Å². The molecule has 0 aliphatic rings. The highest BCUT2D eigenvalue weighted by Crippen LogP contribution is 2.30. The van der Waals surface area contributed by atoms with E-state index in [2.05, 4.69) is 36.5 Å². The van der Waals surface area contributed by atoms with Gasteiger partial charge >= 0.3 is 0 Å². The number of nitrogens with zero attached hydrogens (tertiary/aromatic N) is 1. The normalized spacial score (nSPS) is 11.9. The van der Waals surface area contributed by atoms with Gasteiger partial charge in [-0.1, -0.05) is 78.0 Å². The Morgan fingerprint density at radius 1 is 0.931 bits per heavy atom. The van der Waals surface area contributed by atoms with Crippen molar-refractivity contribution in [3.05, 3.63) is 102 Å². The summed E-state index contributed by atoms with van der Waals surface area (Å²) in [5.74, 6) is -0.0919. The van der Waals surface area contributed by atoms with Gasteiger partial charge in [0.15, 0.2) is 0 Å². The predicted molar refractivity (Wildman–Crippen MR) is 119 cm³/mol. The highest BCUT2D eigenvalue weighted by atomic mass is 32.2. The van der Waals surface area contributed by atoms with Crippen LogP contribution in [-0.4, -0.2) is 10.9 Å². The van der Waals surface area contributed by atoms with Gasteiger partial charge in [0, 0.05) is 10.3 Å². The summed E-state index contributed by atoms with van der Waals surface area (Å²) in [6.45, 7) is 4.07. The molecule has 0 radical (unpaired) electrons. The van der Waals surface area contributed by atoms with Crippen molar-refractivity contribution in [2.75, 3.05) is 0 Å². The monoisotopic (exact) mass is 398 g/mol. The number of nitrogens with one attached hydrogen (secondary N) is 1. The van der Waals surface area contributed by atoms with Gasteiger partial charge in [-0.15, -0.1) is 0 Å². The molecule has 3 nitrogen and oxygen atoms in total. The van der Waals surface area contributed by atoms with Crippen molar-refractivity contribution in [3.8, 4) is 0 Å². The van der Waals surface area contributed by atoms with Crippen molar-refractivity contribution in [1.29, 1.82) is 0 Å². The number of hydrogen-bond donors (Lipinski definition) is 1. The van der Waals surface area contributed by atoms with Gasteiger partial charge in [-0.3, -0.25) is 4.79 Å². The van der Waals surface area contributed by atoms with Crippen LogP contribution in [0, 0.1) is 6.92 Å². The summed E-state index contributed by atoms with van der Waals surface area (Å²) in [7, 11) is 0. The van der Waals surface area contributed by atoms with Crippen LogP contribution < -0.4 is 5.32 Å². The van der Waals surface area contributed by atoms with Crippen molar-refractivity contribution < 1.29 is 4.79 Å². The van der Waals surface area contributed by atoms with Crippen LogP contribution in [0.15, 0.2) is 94.9 Å². The van der Waals surface area contributed by atoms with E-state index >= 15 is 0 Å². The summed E-state index contributed by atoms with van der Waals surface area (Å²) < 4.78 is 0. The first-order valence-corrected chi connectivity index (χ1v) is 10.4. The van der Waals surface area contributed by atoms with Crippen LogP contribution in [0.4, 0.5) is 0 Å². The van der Waals surface area contributed by atoms with Gasteiger partial charge in [-0.25, -0.2) is 4.98 Å². The van der Waals surface area contributed by atoms with E-state index in [9.17, 15) is 4.79 Å². The second kappa shape index (κ2) is 8.50. The quantitative estimate of drug-likeness (QED) is 0.436. The lowest BCUT2D eigenvalue weighted by Gasteiger charge is -2.16. The van der Waals surface area contributed by atoms with Crippen molar-refractivity contribution in [2.24, 2.45) is 0 Å². The van der Waals surface area contributed by atoms with Crippen molar-refractivity contribution in [2.45, 2.75) is 29.8 Å². The maximum absolute atomic E-state index is 13.1. The zero-order valence-corrected chi connectivity index (χ0v) is 17.2. The van der Waals surface area contributed by atoms with E-state index < -0.39 is 0 Å². The number of carbonyl (C=O) groups is 1. The summed E-state index contributed by atoms with van der Waals surface area (Å²) in [5, 5.41) is 4.80. The first-order valence-electron chi connectivity index (χ1n) is 9.60. The summed E-state index contributed by atoms with van der Waals surface area (Å²) in [5.41, 5.74) is 3.76. The van der Waals surface area contributed by atoms with Gasteiger partial charge in [-0.2, -0.15) is 0 Å². The van der Waals surface area contributed by atoms with Crippen LogP contribution in [0.2, 0.25) is 0 Å². The average molecular weight is 399 g/mol. The van der Waals surface area contributed by atoms with E-state index in [1.165, 1.54) is 5.56 Å². The van der Waals surface area contributed by atoms with Gasteiger partial charge in [0.1, 0.15) is 5.03 Å². The van der Waals surface area contributed by atoms with E-state index in [-0.39, 0.29) is 11.9 Å². The second-order valence-corrected chi connectivity index (χ2v) is 8.14. The van der Waals surface area contributed by atoms with E-state index in [1.807, 2.05) is 67.6 Å². The molecule has 0 saturated carbocycles. The maximum Gasteiger partial charge on any atom is 0.252 e. The lowest BCUT2D eigenvalue weighted by Crippen LogP contribution is -2.27. The Hall–Kier alpha value is -3.11. The Balaban J connectivity index is 1.66. The number of rotatable bonds is 5. The predicted octanol–water partition coefficient (Wildman–Crippen LogP) is 6.19. The van der Waals surface area contributed by atoms with E-state index in [1.54, 1.807) is 11.8 Å². The van der Waals surface area contributed by atoms with E-state index in [0.29, 0.717) is 5.56 Å². The number of para-hydroxylation sites is 1. The third-order valence-electron chi connectivity index (χ3n) is 4.83. The van der Waals surface area contributed by atoms with Crippen molar-refractivity contribution >= 4 is 28.6 Å². The number of amides is 1. The third-order valence-corrected chi connectivity index (χ3v) is 5.75. The molecule has 1 unspecified atom stereocenters. The highest BCUT2D eigenvalue weighted by molar-refractivity contribution is 7.99. The van der Waals surface area contributed by atoms with Crippen LogP contribution in [0.25, 0.3) is 10.9 Å². The molecular weight excluding hydrogens is 376 g/mol. The minimum absolute atomic E-state index is 0.0798. The molecule has 1 amide bonds. The van der Waals surface area contributed by atoms with Gasteiger partial charge in [0.2, 0.25) is 0 Å². The molecule has 4 aromatic rings. The first kappa shape index (κ1) is 19.2. The number of benzene rings is 3. The molecule has 1 heterocycles. The molecular formula is C25H22N2OS. The average Bonchev–Trinajstić information content (AvgIpc) is 2.75. The first-order chi connectivity index (χ1) is 14.1. The molecule has 3 aromatic carbocycles. The summed E-state index contributed by atoms with van der Waals surface area (Å²) in [4.78, 5) is 19.0. The van der Waals surface area contributed by atoms with Crippen LogP contribution in [0.3, 0.4) is 0 Å². The van der Waals surface area contributed by atoms with E-state index in [0.717, 1.165) is 26.4 Å². The molecule has 0 saturated heterocycles. The fraction of sp³-hybridized carbons (Fsp3) is 0.120. The van der Waals surface area contributed by atoms with Crippen LogP contribution in [0.1, 0.15) is 34.5 Å². The Kier molecular flexibility index (Phi) is 5.63. The molecule has 1 atom stereocenters. The zero-order chi connectivity index (χ0) is 20.2. The number of aryl methyl sites for hydroxylation is 1. The van der Waals surface area contributed by atoms with Crippen LogP contribution >= 0.6 is 11.8 Å². The number of pyridine rings is 1. The molecule has 0 bridgehead atoms. The van der Waals surface area contributed by atoms with Crippen LogP contribution in [0.5, 0.6) is 0 Å². The topological polar surface area (TPSA) is 42.0 Å². The smallest absolute Gasteiger partial charge is 0.252 e. The number of aromatic nitrogens is 1. The number of hydrogen-bond acceptors (Lipinski definition) is 3. The van der Waals surface area contributed by atoms with Gasteiger partial charge < -0.3 is 5.32 Å². The minimum atomic E-state index is -0.0919. The minimum Gasteiger partial charge on any atom is -0.345 e. The molecule has 1 aromatic heterocycles. The SMILES string of the molecule is Cc1ccc(Sc2cc(C(=O)NC(C)c3ccccc3)c3ccccc3n2)cc1. The lowest BCUT2D eigenvalue weighted by atomic mass is 10.1. The largest absolute Gasteiger partial charge is 0.345 e. The molecule has 0 aliphatic carbocycles. The fourth-order valence-electron chi connectivity index (χ4n) is 3.22. The number of carbonyl (C=O) groups excluding carboxylic acids is 1. The summed E-state index contributed by atoms with van der Waals surface area (Å²) >= 11 is 1.57. The summed E-state index contributed by atoms with van der Waals surface area (Å²) in [6.07, 6.45) is 0. The standard InChI is InChI=1S/C25H22N2OS/c1-17-12-14-20(15-13-17)29-24-16-22(21-10-6-7-11-23(21)27-24)25(28)26-18(2)19-8-4-3-5-9-19/h3-16,18H,1-2H3,(H,26,28). The molecule has 0 spiro atoms. The van der Waals surface area contributed by atoms with Gasteiger partial charge in [-0.05, 0) is 43.7 Å². The molecule has 0 fully saturated rings. The molecule has 144 valence electrons. The number of fused-ring (bicyclic) bond motifs is 1. The molecule has 0 aliphatic heterocycles. The highest BCUT2D eigenvalue weighted by Gasteiger charge is 2.16. The Morgan fingerprint density at radius 2 is 1.62 bits per heavy atom. The van der Waals surface area contributed by atoms with E-state index in [4.69, 9.17) is 4.98 Å². The lowest BCUT2D eigenvalue weighted by molar-refractivity contribution is 0.0941. The van der Waals surface area contributed by atoms with Crippen molar-refractivity contribution in [3.63, 3.8) is 0 Å². The Bertz CT molecular complexity index is 1140. The summed E-state index contributed by atoms with van der Waals surface area (Å²) in [6, 6.07) is 27.9. The van der Waals surface area contributed by atoms with Crippen molar-refractivity contribution in [1.82, 2.24) is 10.3 Å². The fourth-order valence-corrected chi connectivity index (χ4v) is 4.05. The Morgan fingerprint density at radius 3 is 2.38 bits per heavy atom. The second-order valence-electron chi connectivity index (χ2n) is 7.05. The van der Waals surface area contributed by atoms with Gasteiger partial charge in [0.25, 0.3) is 5.91 Å². The molecule has 1 N–H and O–H groups in total. The molecule has 4 heteroatoms. The third kappa shape index (κ3) is 4.49. The van der Waals surface area contributed by atoms with Crippen LogP contribution in [-0.2, 0) is 0 Å². The van der Waals surface area contributed by atoms with Gasteiger partial charge in [0.05, 0.1) is 17.1 Å².